The van der Waals surface area contributed by atoms with Crippen LogP contribution < -0.4 is 5.32 Å². The van der Waals surface area contributed by atoms with Gasteiger partial charge in [-0.15, -0.1) is 0 Å². The third-order valence-electron chi connectivity index (χ3n) is 3.36. The van der Waals surface area contributed by atoms with Gasteiger partial charge in [0.15, 0.2) is 0 Å². The molecule has 0 bridgehead atoms. The number of rotatable bonds is 4. The van der Waals surface area contributed by atoms with Crippen LogP contribution in [0.3, 0.4) is 0 Å². The molecule has 1 aliphatic rings. The first-order valence-electron chi connectivity index (χ1n) is 6.61. The highest BCUT2D eigenvalue weighted by Crippen LogP contribution is 2.15. The van der Waals surface area contributed by atoms with Crippen molar-refractivity contribution in [2.24, 2.45) is 0 Å². The summed E-state index contributed by atoms with van der Waals surface area (Å²) >= 11 is 0. The van der Waals surface area contributed by atoms with E-state index < -0.39 is 0 Å². The Morgan fingerprint density at radius 1 is 1.56 bits per heavy atom. The summed E-state index contributed by atoms with van der Waals surface area (Å²) in [5, 5.41) is 3.03. The summed E-state index contributed by atoms with van der Waals surface area (Å²) in [4.78, 5) is 11.9. The summed E-state index contributed by atoms with van der Waals surface area (Å²) in [5.74, 6) is 0.0728. The highest BCUT2D eigenvalue weighted by atomic mass is 16.5. The molecule has 0 aromatic heterocycles. The number of ether oxygens (including phenoxy) is 1. The second-order valence-corrected chi connectivity index (χ2v) is 5.07. The standard InChI is InChI=1S/C15H21NO2/c1-11-5-3-6-13(9-11)10-15(17)16-12(2)14-7-4-8-18-14/h3,5-6,9,12,14H,4,7-8,10H2,1-2H3,(H,16,17). The summed E-state index contributed by atoms with van der Waals surface area (Å²) in [6, 6.07) is 8.17. The van der Waals surface area contributed by atoms with Gasteiger partial charge in [0.1, 0.15) is 0 Å². The smallest absolute Gasteiger partial charge is 0.224 e. The molecule has 1 fully saturated rings. The van der Waals surface area contributed by atoms with Gasteiger partial charge >= 0.3 is 0 Å². The topological polar surface area (TPSA) is 38.3 Å². The van der Waals surface area contributed by atoms with Gasteiger partial charge in [-0.05, 0) is 32.3 Å². The lowest BCUT2D eigenvalue weighted by Gasteiger charge is -2.20. The molecular weight excluding hydrogens is 226 g/mol. The molecule has 0 radical (unpaired) electrons. The Kier molecular flexibility index (Phi) is 4.37. The van der Waals surface area contributed by atoms with Crippen LogP contribution in [0.5, 0.6) is 0 Å². The third-order valence-corrected chi connectivity index (χ3v) is 3.36. The van der Waals surface area contributed by atoms with Crippen molar-refractivity contribution in [1.82, 2.24) is 5.32 Å². The van der Waals surface area contributed by atoms with E-state index in [1.54, 1.807) is 0 Å². The minimum absolute atomic E-state index is 0.0728. The van der Waals surface area contributed by atoms with Crippen molar-refractivity contribution in [2.75, 3.05) is 6.61 Å². The summed E-state index contributed by atoms with van der Waals surface area (Å²) in [6.45, 7) is 4.88. The minimum atomic E-state index is 0.0728. The summed E-state index contributed by atoms with van der Waals surface area (Å²) in [5.41, 5.74) is 2.25. The molecule has 2 unspecified atom stereocenters. The van der Waals surface area contributed by atoms with E-state index in [1.807, 2.05) is 32.0 Å². The number of benzene rings is 1. The molecule has 18 heavy (non-hydrogen) atoms. The van der Waals surface area contributed by atoms with Crippen molar-refractivity contribution < 1.29 is 9.53 Å². The predicted octanol–water partition coefficient (Wildman–Crippen LogP) is 2.22. The quantitative estimate of drug-likeness (QED) is 0.886. The maximum Gasteiger partial charge on any atom is 0.224 e. The molecule has 1 aromatic carbocycles. The molecule has 1 amide bonds. The number of carbonyl (C=O) groups excluding carboxylic acids is 1. The molecule has 0 saturated carbocycles. The monoisotopic (exact) mass is 247 g/mol. The zero-order valence-corrected chi connectivity index (χ0v) is 11.1. The molecule has 3 nitrogen and oxygen atoms in total. The Morgan fingerprint density at radius 2 is 2.39 bits per heavy atom. The van der Waals surface area contributed by atoms with Crippen LogP contribution >= 0.6 is 0 Å². The molecule has 1 heterocycles. The normalized spacial score (nSPS) is 20.7. The average Bonchev–Trinajstić information content (AvgIpc) is 2.81. The number of hydrogen-bond donors (Lipinski definition) is 1. The van der Waals surface area contributed by atoms with Crippen molar-refractivity contribution in [3.8, 4) is 0 Å². The Balaban J connectivity index is 1.84. The first-order valence-corrected chi connectivity index (χ1v) is 6.61. The van der Waals surface area contributed by atoms with Gasteiger partial charge in [-0.25, -0.2) is 0 Å². The third kappa shape index (κ3) is 3.57. The fraction of sp³-hybridized carbons (Fsp3) is 0.533. The lowest BCUT2D eigenvalue weighted by molar-refractivity contribution is -0.121. The van der Waals surface area contributed by atoms with Crippen LogP contribution in [0.1, 0.15) is 30.9 Å². The molecule has 1 saturated heterocycles. The van der Waals surface area contributed by atoms with Crippen molar-refractivity contribution >= 4 is 5.91 Å². The zero-order valence-electron chi connectivity index (χ0n) is 11.1. The van der Waals surface area contributed by atoms with Crippen LogP contribution in [0.4, 0.5) is 0 Å². The van der Waals surface area contributed by atoms with Gasteiger partial charge in [-0.2, -0.15) is 0 Å². The van der Waals surface area contributed by atoms with Gasteiger partial charge in [0, 0.05) is 6.61 Å². The molecular formula is C15H21NO2. The molecule has 98 valence electrons. The minimum Gasteiger partial charge on any atom is -0.376 e. The highest BCUT2D eigenvalue weighted by Gasteiger charge is 2.23. The van der Waals surface area contributed by atoms with Crippen LogP contribution in [-0.2, 0) is 16.0 Å². The largest absolute Gasteiger partial charge is 0.376 e. The summed E-state index contributed by atoms with van der Waals surface area (Å²) in [6.07, 6.45) is 2.78. The zero-order chi connectivity index (χ0) is 13.0. The predicted molar refractivity (Wildman–Crippen MR) is 71.5 cm³/mol. The van der Waals surface area contributed by atoms with Crippen LogP contribution in [0.15, 0.2) is 24.3 Å². The van der Waals surface area contributed by atoms with Gasteiger partial charge in [-0.3, -0.25) is 4.79 Å². The summed E-state index contributed by atoms with van der Waals surface area (Å²) < 4.78 is 5.57. The molecule has 3 heteroatoms. The van der Waals surface area contributed by atoms with Gasteiger partial charge < -0.3 is 10.1 Å². The van der Waals surface area contributed by atoms with E-state index in [-0.39, 0.29) is 18.1 Å². The first-order chi connectivity index (χ1) is 8.65. The van der Waals surface area contributed by atoms with Crippen LogP contribution in [-0.4, -0.2) is 24.7 Å². The van der Waals surface area contributed by atoms with E-state index in [2.05, 4.69) is 11.4 Å². The Morgan fingerprint density at radius 3 is 3.06 bits per heavy atom. The van der Waals surface area contributed by atoms with Crippen molar-refractivity contribution in [1.29, 1.82) is 0 Å². The maximum absolute atomic E-state index is 11.9. The van der Waals surface area contributed by atoms with Gasteiger partial charge in [-0.1, -0.05) is 29.8 Å². The fourth-order valence-corrected chi connectivity index (χ4v) is 2.40. The number of amides is 1. The van der Waals surface area contributed by atoms with E-state index in [0.29, 0.717) is 6.42 Å². The first kappa shape index (κ1) is 13.1. The van der Waals surface area contributed by atoms with Crippen molar-refractivity contribution in [3.63, 3.8) is 0 Å². The van der Waals surface area contributed by atoms with Crippen LogP contribution in [0, 0.1) is 6.92 Å². The summed E-state index contributed by atoms with van der Waals surface area (Å²) in [7, 11) is 0. The number of carbonyl (C=O) groups is 1. The Labute approximate surface area is 109 Å². The second kappa shape index (κ2) is 6.01. The van der Waals surface area contributed by atoms with E-state index in [4.69, 9.17) is 4.74 Å². The number of nitrogens with one attached hydrogen (secondary N) is 1. The van der Waals surface area contributed by atoms with Gasteiger partial charge in [0.25, 0.3) is 0 Å². The second-order valence-electron chi connectivity index (χ2n) is 5.07. The van der Waals surface area contributed by atoms with Gasteiger partial charge in [0.2, 0.25) is 5.91 Å². The average molecular weight is 247 g/mol. The van der Waals surface area contributed by atoms with E-state index in [1.165, 1.54) is 5.56 Å². The number of hydrogen-bond acceptors (Lipinski definition) is 2. The lowest BCUT2D eigenvalue weighted by atomic mass is 10.1. The SMILES string of the molecule is Cc1cccc(CC(=O)NC(C)C2CCCO2)c1. The number of aryl methyl sites for hydroxylation is 1. The Hall–Kier alpha value is -1.35. The Bertz CT molecular complexity index is 411. The van der Waals surface area contributed by atoms with Gasteiger partial charge in [0.05, 0.1) is 18.6 Å². The van der Waals surface area contributed by atoms with Crippen molar-refractivity contribution in [2.45, 2.75) is 45.3 Å². The molecule has 0 aliphatic carbocycles. The fourth-order valence-electron chi connectivity index (χ4n) is 2.40. The molecule has 1 aliphatic heterocycles. The van der Waals surface area contributed by atoms with E-state index in [0.717, 1.165) is 25.0 Å². The molecule has 2 rings (SSSR count). The van der Waals surface area contributed by atoms with Crippen LogP contribution in [0.2, 0.25) is 0 Å². The van der Waals surface area contributed by atoms with E-state index in [9.17, 15) is 4.79 Å². The maximum atomic E-state index is 11.9. The lowest BCUT2D eigenvalue weighted by Crippen LogP contribution is -2.41. The molecule has 1 N–H and O–H groups in total. The van der Waals surface area contributed by atoms with E-state index >= 15 is 0 Å². The molecule has 1 aromatic rings. The van der Waals surface area contributed by atoms with Crippen LogP contribution in [0.25, 0.3) is 0 Å². The highest BCUT2D eigenvalue weighted by molar-refractivity contribution is 5.78. The molecule has 0 spiro atoms. The molecule has 2 atom stereocenters. The van der Waals surface area contributed by atoms with Crippen molar-refractivity contribution in [3.05, 3.63) is 35.4 Å².